The Labute approximate surface area is 150 Å². The highest BCUT2D eigenvalue weighted by Crippen LogP contribution is 2.02. The summed E-state index contributed by atoms with van der Waals surface area (Å²) in [6.07, 6.45) is 0. The van der Waals surface area contributed by atoms with Crippen molar-refractivity contribution in [3.05, 3.63) is 0 Å². The molecule has 0 aromatic rings. The van der Waals surface area contributed by atoms with Crippen LogP contribution >= 0.6 is 24.0 Å². The molecule has 1 heterocycles. The quantitative estimate of drug-likeness (QED) is 0.275. The van der Waals surface area contributed by atoms with Crippen LogP contribution in [0.3, 0.4) is 0 Å². The number of nitrogens with one attached hydrogen (secondary N) is 1. The highest BCUT2D eigenvalue weighted by atomic mass is 127. The fraction of sp³-hybridized carbons (Fsp3) is 0.857. The van der Waals surface area contributed by atoms with Gasteiger partial charge in [-0.25, -0.2) is 0 Å². The predicted octanol–water partition coefficient (Wildman–Crippen LogP) is 0.397. The van der Waals surface area contributed by atoms with E-state index in [1.807, 2.05) is 4.90 Å². The minimum Gasteiger partial charge on any atom is -0.382 e. The van der Waals surface area contributed by atoms with Gasteiger partial charge in [-0.15, -0.1) is 24.0 Å². The Morgan fingerprint density at radius 2 is 1.77 bits per heavy atom. The Kier molecular flexibility index (Phi) is 12.5. The number of ether oxygens (including phenoxy) is 2. The number of carbonyl (C=O) groups is 1. The minimum atomic E-state index is 0. The lowest BCUT2D eigenvalue weighted by Crippen LogP contribution is -2.53. The van der Waals surface area contributed by atoms with E-state index in [0.717, 1.165) is 38.7 Å². The number of halogens is 1. The molecule has 1 fully saturated rings. The van der Waals surface area contributed by atoms with Gasteiger partial charge < -0.3 is 24.6 Å². The van der Waals surface area contributed by atoms with Gasteiger partial charge in [0.2, 0.25) is 5.91 Å². The first-order chi connectivity index (χ1) is 10.2. The zero-order valence-electron chi connectivity index (χ0n) is 13.8. The Morgan fingerprint density at radius 1 is 1.14 bits per heavy atom. The number of aliphatic imine (C=N–C) groups is 1. The van der Waals surface area contributed by atoms with Crippen LogP contribution in [-0.2, 0) is 14.3 Å². The summed E-state index contributed by atoms with van der Waals surface area (Å²) in [6.45, 7) is 10.1. The normalized spacial score (nSPS) is 15.5. The molecule has 1 aliphatic rings. The SMILES string of the molecule is CCNC(=NCCOCCOC)N1CCN(C(C)=O)CC1.I. The number of guanidine groups is 1. The minimum absolute atomic E-state index is 0. The van der Waals surface area contributed by atoms with E-state index in [1.54, 1.807) is 14.0 Å². The van der Waals surface area contributed by atoms with Crippen LogP contribution in [0.1, 0.15) is 13.8 Å². The van der Waals surface area contributed by atoms with Crippen molar-refractivity contribution in [1.82, 2.24) is 15.1 Å². The van der Waals surface area contributed by atoms with Crippen molar-refractivity contribution in [2.24, 2.45) is 4.99 Å². The second-order valence-corrected chi connectivity index (χ2v) is 4.83. The standard InChI is InChI=1S/C14H28N4O3.HI/c1-4-15-14(16-5-10-21-12-11-20-3)18-8-6-17(7-9-18)13(2)19;/h4-12H2,1-3H3,(H,15,16);1H. The molecule has 0 aliphatic carbocycles. The van der Waals surface area contributed by atoms with Crippen LogP contribution in [0, 0.1) is 0 Å². The molecule has 0 bridgehead atoms. The number of hydrogen-bond donors (Lipinski definition) is 1. The summed E-state index contributed by atoms with van der Waals surface area (Å²) < 4.78 is 10.3. The third kappa shape index (κ3) is 8.14. The molecule has 0 spiro atoms. The predicted molar refractivity (Wildman–Crippen MR) is 97.9 cm³/mol. The lowest BCUT2D eigenvalue weighted by atomic mass is 10.3. The fourth-order valence-electron chi connectivity index (χ4n) is 2.12. The third-order valence-electron chi connectivity index (χ3n) is 3.29. The van der Waals surface area contributed by atoms with E-state index < -0.39 is 0 Å². The van der Waals surface area contributed by atoms with E-state index in [9.17, 15) is 4.79 Å². The number of carbonyl (C=O) groups excluding carboxylic acids is 1. The number of rotatable bonds is 7. The third-order valence-corrected chi connectivity index (χ3v) is 3.29. The van der Waals surface area contributed by atoms with Gasteiger partial charge in [0.15, 0.2) is 5.96 Å². The first-order valence-corrected chi connectivity index (χ1v) is 7.54. The van der Waals surface area contributed by atoms with Crippen molar-refractivity contribution in [2.45, 2.75) is 13.8 Å². The van der Waals surface area contributed by atoms with Gasteiger partial charge in [0.25, 0.3) is 0 Å². The van der Waals surface area contributed by atoms with Gasteiger partial charge in [-0.2, -0.15) is 0 Å². The highest BCUT2D eigenvalue weighted by molar-refractivity contribution is 14.0. The summed E-state index contributed by atoms with van der Waals surface area (Å²) in [6, 6.07) is 0. The van der Waals surface area contributed by atoms with Gasteiger partial charge in [-0.1, -0.05) is 0 Å². The molecule has 0 aromatic heterocycles. The molecule has 1 rings (SSSR count). The molecule has 0 radical (unpaired) electrons. The number of methoxy groups -OCH3 is 1. The smallest absolute Gasteiger partial charge is 0.219 e. The van der Waals surface area contributed by atoms with Crippen molar-refractivity contribution in [2.75, 3.05) is 66.2 Å². The van der Waals surface area contributed by atoms with Crippen molar-refractivity contribution in [3.8, 4) is 0 Å². The second-order valence-electron chi connectivity index (χ2n) is 4.83. The van der Waals surface area contributed by atoms with Crippen LogP contribution in [0.4, 0.5) is 0 Å². The van der Waals surface area contributed by atoms with Gasteiger partial charge in [0, 0.05) is 46.8 Å². The first kappa shape index (κ1) is 21.4. The van der Waals surface area contributed by atoms with Crippen LogP contribution in [-0.4, -0.2) is 87.9 Å². The van der Waals surface area contributed by atoms with E-state index in [-0.39, 0.29) is 29.9 Å². The lowest BCUT2D eigenvalue weighted by Gasteiger charge is -2.36. The zero-order chi connectivity index (χ0) is 15.5. The fourth-order valence-corrected chi connectivity index (χ4v) is 2.12. The maximum Gasteiger partial charge on any atom is 0.219 e. The van der Waals surface area contributed by atoms with Gasteiger partial charge >= 0.3 is 0 Å². The summed E-state index contributed by atoms with van der Waals surface area (Å²) in [7, 11) is 1.66. The van der Waals surface area contributed by atoms with Crippen LogP contribution in [0.2, 0.25) is 0 Å². The Morgan fingerprint density at radius 3 is 2.32 bits per heavy atom. The number of hydrogen-bond acceptors (Lipinski definition) is 4. The van der Waals surface area contributed by atoms with Crippen molar-refractivity contribution in [3.63, 3.8) is 0 Å². The molecule has 22 heavy (non-hydrogen) atoms. The molecule has 1 N–H and O–H groups in total. The second kappa shape index (κ2) is 12.9. The number of amides is 1. The molecule has 1 saturated heterocycles. The Hall–Kier alpha value is -0.610. The largest absolute Gasteiger partial charge is 0.382 e. The molecule has 0 unspecified atom stereocenters. The van der Waals surface area contributed by atoms with Crippen LogP contribution in [0.5, 0.6) is 0 Å². The van der Waals surface area contributed by atoms with Gasteiger partial charge in [-0.3, -0.25) is 9.79 Å². The summed E-state index contributed by atoms with van der Waals surface area (Å²) in [5, 5.41) is 3.29. The van der Waals surface area contributed by atoms with Gasteiger partial charge in [-0.05, 0) is 6.92 Å². The average molecular weight is 428 g/mol. The number of piperazine rings is 1. The summed E-state index contributed by atoms with van der Waals surface area (Å²) in [5.74, 6) is 1.04. The van der Waals surface area contributed by atoms with E-state index >= 15 is 0 Å². The van der Waals surface area contributed by atoms with Crippen LogP contribution in [0.25, 0.3) is 0 Å². The van der Waals surface area contributed by atoms with Crippen LogP contribution < -0.4 is 5.32 Å². The molecule has 0 saturated carbocycles. The summed E-state index contributed by atoms with van der Waals surface area (Å²) >= 11 is 0. The average Bonchev–Trinajstić information content (AvgIpc) is 2.49. The molecule has 1 amide bonds. The van der Waals surface area contributed by atoms with Crippen molar-refractivity contribution < 1.29 is 14.3 Å². The van der Waals surface area contributed by atoms with Gasteiger partial charge in [0.05, 0.1) is 26.4 Å². The molecule has 130 valence electrons. The highest BCUT2D eigenvalue weighted by Gasteiger charge is 2.20. The van der Waals surface area contributed by atoms with E-state index in [1.165, 1.54) is 0 Å². The summed E-state index contributed by atoms with van der Waals surface area (Å²) in [5.41, 5.74) is 0. The van der Waals surface area contributed by atoms with E-state index in [4.69, 9.17) is 9.47 Å². The molecule has 8 heteroatoms. The maximum absolute atomic E-state index is 11.3. The molecule has 7 nitrogen and oxygen atoms in total. The first-order valence-electron chi connectivity index (χ1n) is 7.54. The molecule has 1 aliphatic heterocycles. The zero-order valence-corrected chi connectivity index (χ0v) is 16.2. The van der Waals surface area contributed by atoms with Crippen molar-refractivity contribution >= 4 is 35.8 Å². The maximum atomic E-state index is 11.3. The monoisotopic (exact) mass is 428 g/mol. The number of nitrogens with zero attached hydrogens (tertiary/aromatic N) is 3. The molecular formula is C14H29IN4O3. The summed E-state index contributed by atoms with van der Waals surface area (Å²) in [4.78, 5) is 20.0. The van der Waals surface area contributed by atoms with Crippen LogP contribution in [0.15, 0.2) is 4.99 Å². The molecule has 0 atom stereocenters. The molecule has 0 aromatic carbocycles. The van der Waals surface area contributed by atoms with Gasteiger partial charge in [0.1, 0.15) is 0 Å². The Balaban J connectivity index is 0.00000441. The molecular weight excluding hydrogens is 399 g/mol. The Bertz CT molecular complexity index is 334. The van der Waals surface area contributed by atoms with Crippen molar-refractivity contribution in [1.29, 1.82) is 0 Å². The van der Waals surface area contributed by atoms with E-state index in [2.05, 4.69) is 22.1 Å². The lowest BCUT2D eigenvalue weighted by molar-refractivity contribution is -0.130. The topological polar surface area (TPSA) is 66.4 Å². The van der Waals surface area contributed by atoms with E-state index in [0.29, 0.717) is 26.4 Å².